The zero-order valence-electron chi connectivity index (χ0n) is 17.8. The van der Waals surface area contributed by atoms with Crippen LogP contribution in [0.4, 0.5) is 0 Å². The van der Waals surface area contributed by atoms with Gasteiger partial charge in [-0.1, -0.05) is 45.9 Å². The first-order valence-corrected chi connectivity index (χ1v) is 10.9. The fourth-order valence-electron chi connectivity index (χ4n) is 4.40. The normalized spacial score (nSPS) is 32.8. The van der Waals surface area contributed by atoms with Gasteiger partial charge in [0.2, 0.25) is 0 Å². The van der Waals surface area contributed by atoms with E-state index in [1.165, 1.54) is 0 Å². The number of rotatable bonds is 9. The van der Waals surface area contributed by atoms with Crippen molar-refractivity contribution in [2.24, 2.45) is 23.7 Å². The van der Waals surface area contributed by atoms with Crippen LogP contribution in [0.3, 0.4) is 0 Å². The summed E-state index contributed by atoms with van der Waals surface area (Å²) in [6.45, 7) is 7.90. The standard InChI is InChI=1S/C23H38O5/c1-5-14(3)23(27)28-21-13-19(26)11-16-8-7-15(4)20(22(16)21)10-9-18(25)12-17(24)6-2/h7-8,11,14-15,17-22,24-26H,5-6,9-10,12-13H2,1-4H3. The molecule has 0 aromatic rings. The van der Waals surface area contributed by atoms with Crippen LogP contribution in [0.1, 0.15) is 66.2 Å². The SMILES string of the molecule is CCC(O)CC(O)CCC1C(C)C=CC2=CC(O)CC(OC(=O)C(C)CC)C21. The maximum atomic E-state index is 12.4. The highest BCUT2D eigenvalue weighted by molar-refractivity contribution is 5.72. The summed E-state index contributed by atoms with van der Waals surface area (Å²) in [5.74, 6) is 0.212. The second-order valence-corrected chi connectivity index (χ2v) is 8.69. The van der Waals surface area contributed by atoms with Gasteiger partial charge in [0.25, 0.3) is 0 Å². The summed E-state index contributed by atoms with van der Waals surface area (Å²) in [6, 6.07) is 0. The average molecular weight is 395 g/mol. The van der Waals surface area contributed by atoms with Crippen molar-refractivity contribution in [3.05, 3.63) is 23.8 Å². The van der Waals surface area contributed by atoms with Crippen LogP contribution >= 0.6 is 0 Å². The van der Waals surface area contributed by atoms with Crippen molar-refractivity contribution in [3.63, 3.8) is 0 Å². The highest BCUT2D eigenvalue weighted by Gasteiger charge is 2.42. The Morgan fingerprint density at radius 3 is 2.61 bits per heavy atom. The van der Waals surface area contributed by atoms with E-state index in [2.05, 4.69) is 19.1 Å². The Bertz CT molecular complexity index is 569. The van der Waals surface area contributed by atoms with E-state index in [1.54, 1.807) is 0 Å². The van der Waals surface area contributed by atoms with Gasteiger partial charge in [-0.15, -0.1) is 0 Å². The molecule has 0 radical (unpaired) electrons. The lowest BCUT2D eigenvalue weighted by Crippen LogP contribution is -2.43. The lowest BCUT2D eigenvalue weighted by atomic mass is 9.66. The van der Waals surface area contributed by atoms with Crippen molar-refractivity contribution < 1.29 is 24.9 Å². The molecule has 5 heteroatoms. The predicted molar refractivity (Wildman–Crippen MR) is 109 cm³/mol. The summed E-state index contributed by atoms with van der Waals surface area (Å²) in [7, 11) is 0. The number of aliphatic hydroxyl groups excluding tert-OH is 3. The Kier molecular flexibility index (Phi) is 8.72. The Labute approximate surface area is 169 Å². The van der Waals surface area contributed by atoms with Gasteiger partial charge < -0.3 is 20.1 Å². The summed E-state index contributed by atoms with van der Waals surface area (Å²) in [5, 5.41) is 30.3. The molecular formula is C23H38O5. The second kappa shape index (κ2) is 10.6. The largest absolute Gasteiger partial charge is 0.461 e. The number of allylic oxidation sites excluding steroid dienone is 2. The van der Waals surface area contributed by atoms with E-state index in [0.717, 1.165) is 18.4 Å². The molecule has 0 fully saturated rings. The summed E-state index contributed by atoms with van der Waals surface area (Å²) in [4.78, 5) is 12.4. The molecule has 0 spiro atoms. The second-order valence-electron chi connectivity index (χ2n) is 8.69. The fraction of sp³-hybridized carbons (Fsp3) is 0.783. The van der Waals surface area contributed by atoms with E-state index in [1.807, 2.05) is 26.8 Å². The minimum absolute atomic E-state index is 0.0414. The number of esters is 1. The molecule has 0 aliphatic heterocycles. The third-order valence-electron chi connectivity index (χ3n) is 6.50. The van der Waals surface area contributed by atoms with Gasteiger partial charge in [-0.05, 0) is 49.5 Å². The van der Waals surface area contributed by atoms with Gasteiger partial charge in [0, 0.05) is 12.3 Å². The van der Waals surface area contributed by atoms with Gasteiger partial charge in [0.05, 0.1) is 24.2 Å². The Hall–Kier alpha value is -1.17. The maximum Gasteiger partial charge on any atom is 0.308 e. The summed E-state index contributed by atoms with van der Waals surface area (Å²) >= 11 is 0. The highest BCUT2D eigenvalue weighted by atomic mass is 16.5. The van der Waals surface area contributed by atoms with Gasteiger partial charge in [-0.25, -0.2) is 0 Å². The minimum atomic E-state index is -0.606. The molecule has 8 atom stereocenters. The molecule has 0 saturated carbocycles. The Balaban J connectivity index is 2.13. The molecular weight excluding hydrogens is 356 g/mol. The van der Waals surface area contributed by atoms with Gasteiger partial charge in [-0.3, -0.25) is 4.79 Å². The van der Waals surface area contributed by atoms with Gasteiger partial charge in [0.1, 0.15) is 6.10 Å². The first-order valence-electron chi connectivity index (χ1n) is 10.9. The molecule has 2 aliphatic rings. The van der Waals surface area contributed by atoms with E-state index in [0.29, 0.717) is 31.6 Å². The molecule has 3 N–H and O–H groups in total. The number of carbonyl (C=O) groups excluding carboxylic acids is 1. The summed E-state index contributed by atoms with van der Waals surface area (Å²) in [6.07, 6.45) is 7.71. The molecule has 2 aliphatic carbocycles. The van der Waals surface area contributed by atoms with Crippen molar-refractivity contribution in [1.82, 2.24) is 0 Å². The Morgan fingerprint density at radius 2 is 1.96 bits per heavy atom. The van der Waals surface area contributed by atoms with E-state index >= 15 is 0 Å². The summed E-state index contributed by atoms with van der Waals surface area (Å²) < 4.78 is 5.88. The first kappa shape index (κ1) is 23.1. The van der Waals surface area contributed by atoms with Gasteiger partial charge >= 0.3 is 5.97 Å². The number of ether oxygens (including phenoxy) is 1. The minimum Gasteiger partial charge on any atom is -0.461 e. The quantitative estimate of drug-likeness (QED) is 0.522. The molecule has 28 heavy (non-hydrogen) atoms. The van der Waals surface area contributed by atoms with Gasteiger partial charge in [-0.2, -0.15) is 0 Å². The Morgan fingerprint density at radius 1 is 1.25 bits per heavy atom. The number of fused-ring (bicyclic) bond motifs is 1. The lowest BCUT2D eigenvalue weighted by molar-refractivity contribution is -0.159. The molecule has 0 saturated heterocycles. The van der Waals surface area contributed by atoms with Crippen LogP contribution < -0.4 is 0 Å². The van der Waals surface area contributed by atoms with Crippen LogP contribution in [0, 0.1) is 23.7 Å². The zero-order chi connectivity index (χ0) is 20.8. The van der Waals surface area contributed by atoms with Crippen molar-refractivity contribution in [2.75, 3.05) is 0 Å². The predicted octanol–water partition coefficient (Wildman–Crippen LogP) is 3.38. The number of hydrogen-bond donors (Lipinski definition) is 3. The van der Waals surface area contributed by atoms with E-state index in [-0.39, 0.29) is 29.8 Å². The third-order valence-corrected chi connectivity index (χ3v) is 6.50. The van der Waals surface area contributed by atoms with Crippen LogP contribution in [0.25, 0.3) is 0 Å². The van der Waals surface area contributed by atoms with Crippen molar-refractivity contribution in [1.29, 1.82) is 0 Å². The highest BCUT2D eigenvalue weighted by Crippen LogP contribution is 2.44. The molecule has 5 nitrogen and oxygen atoms in total. The van der Waals surface area contributed by atoms with E-state index < -0.39 is 18.3 Å². The number of carbonyl (C=O) groups is 1. The molecule has 0 aromatic heterocycles. The monoisotopic (exact) mass is 394 g/mol. The topological polar surface area (TPSA) is 87.0 Å². The molecule has 0 bridgehead atoms. The van der Waals surface area contributed by atoms with Crippen molar-refractivity contribution in [2.45, 2.75) is 90.6 Å². The smallest absolute Gasteiger partial charge is 0.308 e. The zero-order valence-corrected chi connectivity index (χ0v) is 17.8. The maximum absolute atomic E-state index is 12.4. The van der Waals surface area contributed by atoms with Gasteiger partial charge in [0.15, 0.2) is 0 Å². The molecule has 0 amide bonds. The van der Waals surface area contributed by atoms with E-state index in [9.17, 15) is 20.1 Å². The summed E-state index contributed by atoms with van der Waals surface area (Å²) in [5.41, 5.74) is 1.03. The molecule has 160 valence electrons. The molecule has 0 aromatic carbocycles. The van der Waals surface area contributed by atoms with Crippen molar-refractivity contribution >= 4 is 5.97 Å². The third kappa shape index (κ3) is 5.91. The van der Waals surface area contributed by atoms with Crippen LogP contribution in [-0.4, -0.2) is 45.7 Å². The molecule has 8 unspecified atom stereocenters. The van der Waals surface area contributed by atoms with Crippen molar-refractivity contribution in [3.8, 4) is 0 Å². The molecule has 0 heterocycles. The van der Waals surface area contributed by atoms with E-state index in [4.69, 9.17) is 4.74 Å². The van der Waals surface area contributed by atoms with Crippen LogP contribution in [0.15, 0.2) is 23.8 Å². The van der Waals surface area contributed by atoms with Crippen LogP contribution in [0.2, 0.25) is 0 Å². The number of aliphatic hydroxyl groups is 3. The lowest BCUT2D eigenvalue weighted by Gasteiger charge is -2.43. The van der Waals surface area contributed by atoms with Crippen LogP contribution in [-0.2, 0) is 9.53 Å². The van der Waals surface area contributed by atoms with Crippen LogP contribution in [0.5, 0.6) is 0 Å². The average Bonchev–Trinajstić information content (AvgIpc) is 2.66. The fourth-order valence-corrected chi connectivity index (χ4v) is 4.40. The first-order chi connectivity index (χ1) is 13.3. The molecule has 2 rings (SSSR count). The number of hydrogen-bond acceptors (Lipinski definition) is 5.